The first-order chi connectivity index (χ1) is 16.1. The number of imidazole rings is 1. The summed E-state index contributed by atoms with van der Waals surface area (Å²) in [5.41, 5.74) is 0.801. The van der Waals surface area contributed by atoms with Gasteiger partial charge in [0, 0.05) is 11.6 Å². The summed E-state index contributed by atoms with van der Waals surface area (Å²) in [5.74, 6) is 0.340. The molecule has 0 bridgehead atoms. The van der Waals surface area contributed by atoms with Crippen molar-refractivity contribution >= 4 is 23.1 Å². The first-order valence-corrected chi connectivity index (χ1v) is 10.6. The fourth-order valence-corrected chi connectivity index (χ4v) is 3.26. The molecule has 2 aromatic heterocycles. The van der Waals surface area contributed by atoms with Crippen molar-refractivity contribution in [2.75, 3.05) is 20.3 Å². The van der Waals surface area contributed by atoms with E-state index in [1.165, 1.54) is 13.3 Å². The van der Waals surface area contributed by atoms with E-state index in [1.807, 2.05) is 30.3 Å². The number of carbonyl (C=O) groups is 2. The van der Waals surface area contributed by atoms with Gasteiger partial charge in [-0.2, -0.15) is 0 Å². The monoisotopic (exact) mass is 468 g/mol. The largest absolute Gasteiger partial charge is 0.480 e. The number of ether oxygens (including phenoxy) is 3. The van der Waals surface area contributed by atoms with E-state index in [4.69, 9.17) is 14.2 Å². The van der Waals surface area contributed by atoms with E-state index in [9.17, 15) is 14.7 Å². The summed E-state index contributed by atoms with van der Waals surface area (Å²) in [4.78, 5) is 33.5. The molecule has 3 aromatic rings. The SMILES string of the molecule is C=CCOC[C@H](NC(=O)OC(C)(C)C)c1nc(-c2cc3ccccc3nc2OC)cn1C(=O)O. The van der Waals surface area contributed by atoms with Crippen molar-refractivity contribution < 1.29 is 28.9 Å². The van der Waals surface area contributed by atoms with Gasteiger partial charge in [0.25, 0.3) is 0 Å². The maximum Gasteiger partial charge on any atom is 0.417 e. The first-order valence-electron chi connectivity index (χ1n) is 10.6. The summed E-state index contributed by atoms with van der Waals surface area (Å²) in [5, 5.41) is 13.3. The van der Waals surface area contributed by atoms with Crippen LogP contribution in [-0.2, 0) is 9.47 Å². The fraction of sp³-hybridized carbons (Fsp3) is 0.333. The lowest BCUT2D eigenvalue weighted by Crippen LogP contribution is -2.38. The van der Waals surface area contributed by atoms with Crippen molar-refractivity contribution in [2.24, 2.45) is 0 Å². The molecule has 0 aliphatic heterocycles. The molecular weight excluding hydrogens is 440 g/mol. The lowest BCUT2D eigenvalue weighted by atomic mass is 10.1. The Hall–Kier alpha value is -3.92. The highest BCUT2D eigenvalue weighted by molar-refractivity contribution is 5.86. The number of fused-ring (bicyclic) bond motifs is 1. The topological polar surface area (TPSA) is 125 Å². The number of benzene rings is 1. The zero-order chi connectivity index (χ0) is 24.9. The zero-order valence-corrected chi connectivity index (χ0v) is 19.6. The molecule has 0 saturated carbocycles. The van der Waals surface area contributed by atoms with Gasteiger partial charge in [0.05, 0.1) is 37.1 Å². The smallest absolute Gasteiger partial charge is 0.417 e. The van der Waals surface area contributed by atoms with Crippen LogP contribution in [0.2, 0.25) is 0 Å². The number of carbonyl (C=O) groups excluding carboxylic acids is 1. The quantitative estimate of drug-likeness (QED) is 0.368. The number of amides is 1. The van der Waals surface area contributed by atoms with Crippen LogP contribution in [0, 0.1) is 0 Å². The number of alkyl carbamates (subject to hydrolysis) is 1. The van der Waals surface area contributed by atoms with Crippen LogP contribution in [0.5, 0.6) is 5.88 Å². The lowest BCUT2D eigenvalue weighted by molar-refractivity contribution is 0.0448. The maximum atomic E-state index is 12.5. The van der Waals surface area contributed by atoms with E-state index in [2.05, 4.69) is 21.9 Å². The Kier molecular flexibility index (Phi) is 7.52. The minimum atomic E-state index is -1.28. The Morgan fingerprint density at radius 3 is 2.65 bits per heavy atom. The Morgan fingerprint density at radius 2 is 2.00 bits per heavy atom. The minimum absolute atomic E-state index is 0.0487. The van der Waals surface area contributed by atoms with Gasteiger partial charge in [0.2, 0.25) is 5.88 Å². The Bertz CT molecular complexity index is 1200. The van der Waals surface area contributed by atoms with E-state index in [0.29, 0.717) is 17.1 Å². The van der Waals surface area contributed by atoms with Crippen LogP contribution in [0.25, 0.3) is 22.2 Å². The van der Waals surface area contributed by atoms with Gasteiger partial charge in [0.15, 0.2) is 0 Å². The third-order valence-electron chi connectivity index (χ3n) is 4.62. The van der Waals surface area contributed by atoms with Crippen LogP contribution in [0.4, 0.5) is 9.59 Å². The molecule has 10 nitrogen and oxygen atoms in total. The molecule has 180 valence electrons. The van der Waals surface area contributed by atoms with Crippen molar-refractivity contribution in [1.82, 2.24) is 19.9 Å². The average Bonchev–Trinajstić information content (AvgIpc) is 3.22. The van der Waals surface area contributed by atoms with Gasteiger partial charge < -0.3 is 24.6 Å². The van der Waals surface area contributed by atoms with E-state index < -0.39 is 23.8 Å². The molecule has 0 aliphatic carbocycles. The van der Waals surface area contributed by atoms with Crippen LogP contribution >= 0.6 is 0 Å². The molecular formula is C24H28N4O6. The minimum Gasteiger partial charge on any atom is -0.480 e. The van der Waals surface area contributed by atoms with Crippen LogP contribution in [0.1, 0.15) is 32.6 Å². The highest BCUT2D eigenvalue weighted by Crippen LogP contribution is 2.32. The van der Waals surface area contributed by atoms with Gasteiger partial charge in [-0.15, -0.1) is 6.58 Å². The van der Waals surface area contributed by atoms with E-state index in [1.54, 1.807) is 26.8 Å². The standard InChI is InChI=1S/C24H28N4O6/c1-6-11-33-14-19(27-22(29)34-24(2,3)4)20-25-18(13-28(20)23(30)31)16-12-15-9-7-8-10-17(15)26-21(16)32-5/h6-10,12-13,19H,1,11,14H2,2-5H3,(H,27,29)(H,30,31)/t19-/m0/s1. The summed E-state index contributed by atoms with van der Waals surface area (Å²) in [6.07, 6.45) is 0.890. The summed E-state index contributed by atoms with van der Waals surface area (Å²) < 4.78 is 17.2. The van der Waals surface area contributed by atoms with Crippen molar-refractivity contribution in [3.63, 3.8) is 0 Å². The highest BCUT2D eigenvalue weighted by Gasteiger charge is 2.27. The number of nitrogens with one attached hydrogen (secondary N) is 1. The molecule has 3 rings (SSSR count). The molecule has 0 spiro atoms. The number of para-hydroxylation sites is 1. The number of rotatable bonds is 8. The summed E-state index contributed by atoms with van der Waals surface area (Å²) in [7, 11) is 1.48. The number of hydrogen-bond acceptors (Lipinski definition) is 7. The van der Waals surface area contributed by atoms with E-state index in [0.717, 1.165) is 15.5 Å². The van der Waals surface area contributed by atoms with Crippen LogP contribution in [-0.4, -0.2) is 57.8 Å². The van der Waals surface area contributed by atoms with E-state index in [-0.39, 0.29) is 19.0 Å². The third kappa shape index (κ3) is 5.90. The zero-order valence-electron chi connectivity index (χ0n) is 19.6. The summed E-state index contributed by atoms with van der Waals surface area (Å²) in [6, 6.07) is 8.38. The Balaban J connectivity index is 2.06. The fourth-order valence-electron chi connectivity index (χ4n) is 3.26. The molecule has 1 amide bonds. The molecule has 2 heterocycles. The number of nitrogens with zero attached hydrogens (tertiary/aromatic N) is 3. The van der Waals surface area contributed by atoms with Gasteiger partial charge in [-0.1, -0.05) is 24.3 Å². The summed E-state index contributed by atoms with van der Waals surface area (Å²) in [6.45, 7) is 8.93. The van der Waals surface area contributed by atoms with Crippen molar-refractivity contribution in [2.45, 2.75) is 32.4 Å². The van der Waals surface area contributed by atoms with Gasteiger partial charge >= 0.3 is 12.2 Å². The highest BCUT2D eigenvalue weighted by atomic mass is 16.6. The van der Waals surface area contributed by atoms with Crippen molar-refractivity contribution in [3.05, 3.63) is 55.0 Å². The third-order valence-corrected chi connectivity index (χ3v) is 4.62. The second-order valence-electron chi connectivity index (χ2n) is 8.40. The molecule has 1 aromatic carbocycles. The van der Waals surface area contributed by atoms with E-state index >= 15 is 0 Å². The Labute approximate surface area is 197 Å². The number of aromatic nitrogens is 3. The maximum absolute atomic E-state index is 12.5. The summed E-state index contributed by atoms with van der Waals surface area (Å²) >= 11 is 0. The van der Waals surface area contributed by atoms with Gasteiger partial charge in [-0.05, 0) is 32.9 Å². The lowest BCUT2D eigenvalue weighted by Gasteiger charge is -2.23. The van der Waals surface area contributed by atoms with Gasteiger partial charge in [-0.3, -0.25) is 0 Å². The second-order valence-corrected chi connectivity index (χ2v) is 8.40. The van der Waals surface area contributed by atoms with Crippen molar-refractivity contribution in [3.8, 4) is 17.1 Å². The van der Waals surface area contributed by atoms with Crippen LogP contribution in [0.3, 0.4) is 0 Å². The predicted octanol–water partition coefficient (Wildman–Crippen LogP) is 4.40. The molecule has 0 saturated heterocycles. The number of carboxylic acid groups (broad SMARTS) is 1. The molecule has 0 radical (unpaired) electrons. The molecule has 10 heteroatoms. The van der Waals surface area contributed by atoms with Crippen LogP contribution in [0.15, 0.2) is 49.2 Å². The number of pyridine rings is 1. The predicted molar refractivity (Wildman–Crippen MR) is 126 cm³/mol. The Morgan fingerprint density at radius 1 is 1.26 bits per heavy atom. The molecule has 0 unspecified atom stereocenters. The number of methoxy groups -OCH3 is 1. The molecule has 1 atom stereocenters. The molecule has 34 heavy (non-hydrogen) atoms. The second kappa shape index (κ2) is 10.3. The molecule has 2 N–H and O–H groups in total. The first kappa shape index (κ1) is 24.7. The normalized spacial score (nSPS) is 12.2. The van der Waals surface area contributed by atoms with Gasteiger partial charge in [0.1, 0.15) is 17.5 Å². The van der Waals surface area contributed by atoms with Gasteiger partial charge in [-0.25, -0.2) is 24.1 Å². The number of hydrogen-bond donors (Lipinski definition) is 2. The average molecular weight is 469 g/mol. The molecule has 0 fully saturated rings. The van der Waals surface area contributed by atoms with Crippen molar-refractivity contribution in [1.29, 1.82) is 0 Å². The van der Waals surface area contributed by atoms with Crippen LogP contribution < -0.4 is 10.1 Å². The molecule has 0 aliphatic rings.